The van der Waals surface area contributed by atoms with Crippen LogP contribution in [-0.2, 0) is 14.9 Å². The summed E-state index contributed by atoms with van der Waals surface area (Å²) in [6.45, 7) is 0.321. The molecule has 0 aliphatic carbocycles. The van der Waals surface area contributed by atoms with Crippen LogP contribution in [0.2, 0.25) is 0 Å². The van der Waals surface area contributed by atoms with Crippen LogP contribution in [0.4, 0.5) is 0 Å². The molecule has 8 heteroatoms. The first-order valence-electron chi connectivity index (χ1n) is 4.27. The standard InChI is InChI=1S/C7H16N2O5S/c1-9(2,5-8-6-10)3-7(11)4-15(12,13)14/h6-7,11H,3-5H2,1-2H3,(H-,8,10,12,13,14). The number of hydrogen-bond donors (Lipinski definition) is 2. The molecule has 1 atom stereocenters. The monoisotopic (exact) mass is 240 g/mol. The van der Waals surface area contributed by atoms with Gasteiger partial charge in [0.1, 0.15) is 12.6 Å². The third-order valence-electron chi connectivity index (χ3n) is 1.70. The summed E-state index contributed by atoms with van der Waals surface area (Å²) in [5.74, 6) is -0.810. The summed E-state index contributed by atoms with van der Waals surface area (Å²) < 4.78 is 31.2. The number of rotatable bonds is 7. The summed E-state index contributed by atoms with van der Waals surface area (Å²) in [7, 11) is -1.03. The Morgan fingerprint density at radius 3 is 2.47 bits per heavy atom. The molecule has 1 amide bonds. The molecule has 0 aromatic carbocycles. The molecule has 15 heavy (non-hydrogen) atoms. The number of carbonyl (C=O) groups excluding carboxylic acids is 1. The first-order valence-corrected chi connectivity index (χ1v) is 5.85. The van der Waals surface area contributed by atoms with Crippen molar-refractivity contribution in [3.05, 3.63) is 0 Å². The minimum Gasteiger partial charge on any atom is -0.748 e. The van der Waals surface area contributed by atoms with Gasteiger partial charge in [0.05, 0.1) is 30.0 Å². The highest BCUT2D eigenvalue weighted by atomic mass is 32.2. The number of carbonyl (C=O) groups is 1. The SMILES string of the molecule is C[N+](C)(CNC=O)CC(O)CS(=O)(=O)[O-]. The lowest BCUT2D eigenvalue weighted by Crippen LogP contribution is -2.51. The van der Waals surface area contributed by atoms with Gasteiger partial charge < -0.3 is 19.5 Å². The average Bonchev–Trinajstić information content (AvgIpc) is 1.95. The number of aliphatic hydroxyl groups excluding tert-OH is 1. The molecule has 0 aliphatic rings. The van der Waals surface area contributed by atoms with Gasteiger partial charge in [0.15, 0.2) is 6.67 Å². The van der Waals surface area contributed by atoms with E-state index in [1.54, 1.807) is 14.1 Å². The normalized spacial score (nSPS) is 14.7. The van der Waals surface area contributed by atoms with E-state index in [2.05, 4.69) is 5.32 Å². The Balaban J connectivity index is 4.14. The molecule has 0 aromatic heterocycles. The van der Waals surface area contributed by atoms with Gasteiger partial charge in [-0.05, 0) is 0 Å². The molecule has 0 bridgehead atoms. The summed E-state index contributed by atoms with van der Waals surface area (Å²) in [5, 5.41) is 11.7. The second-order valence-electron chi connectivity index (χ2n) is 3.98. The van der Waals surface area contributed by atoms with Crippen LogP contribution in [0.1, 0.15) is 0 Å². The van der Waals surface area contributed by atoms with Gasteiger partial charge in [-0.1, -0.05) is 0 Å². The minimum absolute atomic E-state index is 0.0717. The lowest BCUT2D eigenvalue weighted by Gasteiger charge is -2.31. The van der Waals surface area contributed by atoms with E-state index in [9.17, 15) is 22.9 Å². The first kappa shape index (κ1) is 14.3. The van der Waals surface area contributed by atoms with Gasteiger partial charge in [-0.15, -0.1) is 0 Å². The van der Waals surface area contributed by atoms with Crippen LogP contribution in [0.3, 0.4) is 0 Å². The van der Waals surface area contributed by atoms with E-state index in [-0.39, 0.29) is 17.7 Å². The molecule has 0 radical (unpaired) electrons. The van der Waals surface area contributed by atoms with Crippen LogP contribution in [0, 0.1) is 0 Å². The summed E-state index contributed by atoms with van der Waals surface area (Å²) in [6, 6.07) is 0. The van der Waals surface area contributed by atoms with Gasteiger partial charge >= 0.3 is 0 Å². The number of quaternary nitrogens is 1. The number of aliphatic hydroxyl groups is 1. The van der Waals surface area contributed by atoms with Crippen LogP contribution >= 0.6 is 0 Å². The Morgan fingerprint density at radius 2 is 2.07 bits per heavy atom. The van der Waals surface area contributed by atoms with Crippen molar-refractivity contribution in [3.63, 3.8) is 0 Å². The van der Waals surface area contributed by atoms with Crippen molar-refractivity contribution in [2.24, 2.45) is 0 Å². The highest BCUT2D eigenvalue weighted by Crippen LogP contribution is 2.00. The van der Waals surface area contributed by atoms with Crippen molar-refractivity contribution in [1.82, 2.24) is 5.32 Å². The molecule has 0 saturated heterocycles. The van der Waals surface area contributed by atoms with Crippen molar-refractivity contribution < 1.29 is 27.4 Å². The molecule has 2 N–H and O–H groups in total. The molecule has 1 unspecified atom stereocenters. The fourth-order valence-corrected chi connectivity index (χ4v) is 1.78. The number of amides is 1. The molecular formula is C7H16N2O5S. The fourth-order valence-electron chi connectivity index (χ4n) is 1.21. The maximum Gasteiger partial charge on any atom is 0.211 e. The highest BCUT2D eigenvalue weighted by Gasteiger charge is 2.21. The molecule has 7 nitrogen and oxygen atoms in total. The maximum atomic E-state index is 10.3. The molecule has 0 spiro atoms. The van der Waals surface area contributed by atoms with Crippen LogP contribution < -0.4 is 5.32 Å². The van der Waals surface area contributed by atoms with Crippen LogP contribution in [0.5, 0.6) is 0 Å². The van der Waals surface area contributed by atoms with E-state index in [1.165, 1.54) is 0 Å². The zero-order valence-corrected chi connectivity index (χ0v) is 9.53. The molecule has 90 valence electrons. The van der Waals surface area contributed by atoms with Crippen LogP contribution in [0.15, 0.2) is 0 Å². The molecule has 0 heterocycles. The molecule has 0 fully saturated rings. The van der Waals surface area contributed by atoms with E-state index in [4.69, 9.17) is 0 Å². The Bertz CT molecular complexity index is 301. The number of hydrogen-bond acceptors (Lipinski definition) is 5. The highest BCUT2D eigenvalue weighted by molar-refractivity contribution is 7.85. The van der Waals surface area contributed by atoms with Gasteiger partial charge in [-0.3, -0.25) is 4.79 Å². The van der Waals surface area contributed by atoms with E-state index >= 15 is 0 Å². The summed E-state index contributed by atoms with van der Waals surface area (Å²) in [4.78, 5) is 10.0. The Morgan fingerprint density at radius 1 is 1.53 bits per heavy atom. The summed E-state index contributed by atoms with van der Waals surface area (Å²) in [5.41, 5.74) is 0. The van der Waals surface area contributed by atoms with Crippen LogP contribution in [0.25, 0.3) is 0 Å². The maximum absolute atomic E-state index is 10.3. The average molecular weight is 240 g/mol. The van der Waals surface area contributed by atoms with Crippen molar-refractivity contribution >= 4 is 16.5 Å². The van der Waals surface area contributed by atoms with Crippen molar-refractivity contribution in [1.29, 1.82) is 0 Å². The Labute approximate surface area is 89.0 Å². The quantitative estimate of drug-likeness (QED) is 0.225. The number of nitrogens with zero attached hydrogens (tertiary/aromatic N) is 1. The molecule has 0 aromatic rings. The van der Waals surface area contributed by atoms with Crippen molar-refractivity contribution in [3.8, 4) is 0 Å². The van der Waals surface area contributed by atoms with E-state index < -0.39 is 22.0 Å². The Hall–Kier alpha value is -0.700. The molecule has 0 aliphatic heterocycles. The molecule has 0 rings (SSSR count). The zero-order valence-electron chi connectivity index (χ0n) is 8.71. The largest absolute Gasteiger partial charge is 0.748 e. The molecular weight excluding hydrogens is 224 g/mol. The predicted octanol–water partition coefficient (Wildman–Crippen LogP) is -2.33. The van der Waals surface area contributed by atoms with Gasteiger partial charge in [-0.2, -0.15) is 0 Å². The Kier molecular flexibility index (Phi) is 5.15. The van der Waals surface area contributed by atoms with Gasteiger partial charge in [0.25, 0.3) is 0 Å². The topological polar surface area (TPSA) is 107 Å². The summed E-state index contributed by atoms with van der Waals surface area (Å²) in [6.07, 6.45) is -0.715. The van der Waals surface area contributed by atoms with Crippen molar-refractivity contribution in [2.45, 2.75) is 6.10 Å². The van der Waals surface area contributed by atoms with E-state index in [0.717, 1.165) is 0 Å². The fraction of sp³-hybridized carbons (Fsp3) is 0.857. The van der Waals surface area contributed by atoms with E-state index in [0.29, 0.717) is 6.41 Å². The smallest absolute Gasteiger partial charge is 0.211 e. The number of nitrogens with one attached hydrogen (secondary N) is 1. The summed E-state index contributed by atoms with van der Waals surface area (Å²) >= 11 is 0. The minimum atomic E-state index is -4.42. The number of likely N-dealkylation sites (N-methyl/N-ethyl adjacent to an activating group) is 1. The zero-order chi connectivity index (χ0) is 12.1. The second-order valence-corrected chi connectivity index (χ2v) is 5.43. The molecule has 0 saturated carbocycles. The van der Waals surface area contributed by atoms with Gasteiger partial charge in [0, 0.05) is 0 Å². The second kappa shape index (κ2) is 5.40. The first-order chi connectivity index (χ1) is 6.66. The third kappa shape index (κ3) is 8.30. The lowest BCUT2D eigenvalue weighted by atomic mass is 10.3. The van der Waals surface area contributed by atoms with Crippen molar-refractivity contribution in [2.75, 3.05) is 33.1 Å². The predicted molar refractivity (Wildman–Crippen MR) is 51.6 cm³/mol. The van der Waals surface area contributed by atoms with Crippen LogP contribution in [-0.4, -0.2) is 68.1 Å². The third-order valence-corrected chi connectivity index (χ3v) is 2.50. The lowest BCUT2D eigenvalue weighted by molar-refractivity contribution is -0.894. The van der Waals surface area contributed by atoms with Gasteiger partial charge in [0.2, 0.25) is 6.41 Å². The van der Waals surface area contributed by atoms with E-state index in [1.807, 2.05) is 0 Å². The van der Waals surface area contributed by atoms with Gasteiger partial charge in [-0.25, -0.2) is 8.42 Å².